The number of hydrogen-bond acceptors (Lipinski definition) is 3. The number of nitrogens with zero attached hydrogens (tertiary/aromatic N) is 2. The number of cyclic esters (lactones) is 1. The number of fused-ring (bicyclic) bond motifs is 1. The number of hydrogen-bond donors (Lipinski definition) is 1. The Bertz CT molecular complexity index is 1180. The molecule has 2 aromatic carbocycles. The first-order chi connectivity index (χ1) is 15.8. The van der Waals surface area contributed by atoms with E-state index in [1.807, 2.05) is 79.0 Å². The van der Waals surface area contributed by atoms with Crippen LogP contribution in [0.2, 0.25) is 0 Å². The molecule has 3 aromatic rings. The normalized spacial score (nSPS) is 24.6. The van der Waals surface area contributed by atoms with E-state index in [-0.39, 0.29) is 30.1 Å². The third kappa shape index (κ3) is 3.88. The molecule has 6 heteroatoms. The van der Waals surface area contributed by atoms with Gasteiger partial charge in [0.25, 0.3) is 5.91 Å². The Labute approximate surface area is 194 Å². The highest BCUT2D eigenvalue weighted by Gasteiger charge is 2.51. The third-order valence-corrected chi connectivity index (χ3v) is 7.18. The Morgan fingerprint density at radius 3 is 2.39 bits per heavy atom. The number of aryl methyl sites for hydroxylation is 1. The summed E-state index contributed by atoms with van der Waals surface area (Å²) in [4.78, 5) is 27.9. The van der Waals surface area contributed by atoms with Crippen LogP contribution in [0.1, 0.15) is 61.5 Å². The van der Waals surface area contributed by atoms with Gasteiger partial charge in [-0.1, -0.05) is 48.5 Å². The second kappa shape index (κ2) is 8.25. The predicted octanol–water partition coefficient (Wildman–Crippen LogP) is 5.19. The topological polar surface area (TPSA) is 63.6 Å². The summed E-state index contributed by atoms with van der Waals surface area (Å²) in [5.41, 5.74) is 2.27. The second-order valence-corrected chi connectivity index (χ2v) is 9.84. The largest absolute Gasteiger partial charge is 0.441 e. The maximum atomic E-state index is 13.0. The molecule has 0 bridgehead atoms. The van der Waals surface area contributed by atoms with E-state index in [9.17, 15) is 9.59 Å². The molecule has 2 aliphatic rings. The molecule has 172 valence electrons. The van der Waals surface area contributed by atoms with Crippen LogP contribution < -0.4 is 5.32 Å². The summed E-state index contributed by atoms with van der Waals surface area (Å²) < 4.78 is 7.78. The predicted molar refractivity (Wildman–Crippen MR) is 128 cm³/mol. The van der Waals surface area contributed by atoms with E-state index in [1.54, 1.807) is 0 Å². The molecule has 0 unspecified atom stereocenters. The lowest BCUT2D eigenvalue weighted by Gasteiger charge is -2.38. The highest BCUT2D eigenvalue weighted by molar-refractivity contribution is 6.07. The summed E-state index contributed by atoms with van der Waals surface area (Å²) in [5.74, 6) is -0.0286. The fraction of sp³-hybridized carbons (Fsp3) is 0.407. The molecule has 1 aromatic heterocycles. The lowest BCUT2D eigenvalue weighted by molar-refractivity contribution is 0.0663. The molecule has 0 spiro atoms. The van der Waals surface area contributed by atoms with E-state index in [1.165, 1.54) is 0 Å². The monoisotopic (exact) mass is 445 g/mol. The second-order valence-electron chi connectivity index (χ2n) is 9.84. The van der Waals surface area contributed by atoms with Crippen LogP contribution in [0.15, 0.2) is 60.8 Å². The molecule has 0 radical (unpaired) electrons. The fourth-order valence-electron chi connectivity index (χ4n) is 5.62. The van der Waals surface area contributed by atoms with Gasteiger partial charge in [-0.05, 0) is 51.2 Å². The number of nitrogens with one attached hydrogen (secondary N) is 1. The Kier molecular flexibility index (Phi) is 5.39. The van der Waals surface area contributed by atoms with Crippen molar-refractivity contribution < 1.29 is 14.3 Å². The average molecular weight is 446 g/mol. The molecular weight excluding hydrogens is 414 g/mol. The van der Waals surface area contributed by atoms with Gasteiger partial charge in [-0.25, -0.2) is 4.79 Å². The van der Waals surface area contributed by atoms with E-state index >= 15 is 0 Å². The lowest BCUT2D eigenvalue weighted by Crippen LogP contribution is -2.46. The van der Waals surface area contributed by atoms with Gasteiger partial charge in [-0.15, -0.1) is 0 Å². The summed E-state index contributed by atoms with van der Waals surface area (Å²) in [6.45, 7) is 3.97. The van der Waals surface area contributed by atoms with Gasteiger partial charge in [-0.3, -0.25) is 9.69 Å². The van der Waals surface area contributed by atoms with Crippen molar-refractivity contribution in [1.29, 1.82) is 0 Å². The number of carbonyl (C=O) groups is 2. The van der Waals surface area contributed by atoms with Gasteiger partial charge in [0.2, 0.25) is 0 Å². The zero-order valence-electron chi connectivity index (χ0n) is 19.5. The number of benzene rings is 2. The van der Waals surface area contributed by atoms with Gasteiger partial charge < -0.3 is 14.6 Å². The van der Waals surface area contributed by atoms with Crippen LogP contribution >= 0.6 is 0 Å². The molecule has 5 rings (SSSR count). The molecule has 6 nitrogen and oxygen atoms in total. The maximum absolute atomic E-state index is 13.0. The van der Waals surface area contributed by atoms with Gasteiger partial charge in [0.1, 0.15) is 5.60 Å². The number of rotatable bonds is 4. The molecule has 1 atom stereocenters. The van der Waals surface area contributed by atoms with Gasteiger partial charge in [0.05, 0.1) is 11.6 Å². The minimum absolute atomic E-state index is 0.0286. The first-order valence-corrected chi connectivity index (χ1v) is 11.8. The number of carbonyl (C=O) groups excluding carboxylic acids is 2. The smallest absolute Gasteiger partial charge is 0.411 e. The average Bonchev–Trinajstić information content (AvgIpc) is 3.27. The van der Waals surface area contributed by atoms with Crippen molar-refractivity contribution in [3.8, 4) is 0 Å². The van der Waals surface area contributed by atoms with Crippen LogP contribution in [0.4, 0.5) is 4.79 Å². The van der Waals surface area contributed by atoms with Crippen molar-refractivity contribution in [3.05, 3.63) is 71.9 Å². The van der Waals surface area contributed by atoms with Crippen LogP contribution in [0.5, 0.6) is 0 Å². The molecule has 2 amide bonds. The summed E-state index contributed by atoms with van der Waals surface area (Å²) in [6.07, 6.45) is 5.03. The summed E-state index contributed by atoms with van der Waals surface area (Å²) in [6, 6.07) is 18.2. The van der Waals surface area contributed by atoms with Crippen LogP contribution in [-0.4, -0.2) is 39.2 Å². The van der Waals surface area contributed by atoms with Crippen molar-refractivity contribution in [2.24, 2.45) is 7.05 Å². The first kappa shape index (κ1) is 21.6. The minimum Gasteiger partial charge on any atom is -0.441 e. The Morgan fingerprint density at radius 2 is 1.67 bits per heavy atom. The molecule has 1 N–H and O–H groups in total. The quantitative estimate of drug-likeness (QED) is 0.601. The molecule has 1 aliphatic carbocycles. The number of amides is 2. The molecule has 2 heterocycles. The van der Waals surface area contributed by atoms with Crippen LogP contribution in [0.3, 0.4) is 0 Å². The van der Waals surface area contributed by atoms with E-state index < -0.39 is 5.60 Å². The molecule has 33 heavy (non-hydrogen) atoms. The summed E-state index contributed by atoms with van der Waals surface area (Å²) in [7, 11) is 1.96. The van der Waals surface area contributed by atoms with E-state index in [0.717, 1.165) is 42.1 Å². The zero-order chi connectivity index (χ0) is 23.2. The van der Waals surface area contributed by atoms with Crippen molar-refractivity contribution >= 4 is 22.9 Å². The number of aromatic nitrogens is 1. The fourth-order valence-corrected chi connectivity index (χ4v) is 5.62. The van der Waals surface area contributed by atoms with Crippen LogP contribution in [0.25, 0.3) is 10.9 Å². The van der Waals surface area contributed by atoms with Crippen molar-refractivity contribution in [1.82, 2.24) is 14.8 Å². The summed E-state index contributed by atoms with van der Waals surface area (Å²) in [5, 5.41) is 4.21. The van der Waals surface area contributed by atoms with Crippen LogP contribution in [0, 0.1) is 0 Å². The maximum Gasteiger partial charge on any atom is 0.411 e. The van der Waals surface area contributed by atoms with Crippen molar-refractivity contribution in [2.45, 2.75) is 63.3 Å². The number of para-hydroxylation sites is 1. The molecule has 1 saturated carbocycles. The highest BCUT2D eigenvalue weighted by atomic mass is 16.6. The Balaban J connectivity index is 1.28. The molecular formula is C27H31N3O3. The van der Waals surface area contributed by atoms with E-state index in [0.29, 0.717) is 5.56 Å². The molecule has 1 aliphatic heterocycles. The Morgan fingerprint density at radius 1 is 1.00 bits per heavy atom. The van der Waals surface area contributed by atoms with E-state index in [2.05, 4.69) is 17.4 Å². The van der Waals surface area contributed by atoms with Crippen molar-refractivity contribution in [3.63, 3.8) is 0 Å². The van der Waals surface area contributed by atoms with Gasteiger partial charge >= 0.3 is 6.09 Å². The van der Waals surface area contributed by atoms with Gasteiger partial charge in [-0.2, -0.15) is 0 Å². The standard InChI is InChI=1S/C27H31N3O3/c1-27(2)24(18-9-5-4-6-10-18)30(26(32)33-27)20-15-13-19(14-16-20)28-25(31)22-17-29(3)23-12-8-7-11-21(22)23/h4-12,17,19-20,24H,13-16H2,1-3H3,(H,28,31)/t19?,20?,24-/m0/s1. The summed E-state index contributed by atoms with van der Waals surface area (Å²) >= 11 is 0. The minimum atomic E-state index is -0.585. The van der Waals surface area contributed by atoms with Crippen molar-refractivity contribution in [2.75, 3.05) is 0 Å². The third-order valence-electron chi connectivity index (χ3n) is 7.18. The lowest BCUT2D eigenvalue weighted by atomic mass is 9.86. The SMILES string of the molecule is Cn1cc(C(=O)NC2CCC(N3C(=O)OC(C)(C)[C@@H]3c3ccccc3)CC2)c2ccccc21. The van der Waals surface area contributed by atoms with E-state index in [4.69, 9.17) is 4.74 Å². The van der Waals surface area contributed by atoms with Gasteiger partial charge in [0, 0.05) is 36.2 Å². The van der Waals surface area contributed by atoms with Crippen LogP contribution in [-0.2, 0) is 11.8 Å². The Hall–Kier alpha value is -3.28. The number of ether oxygens (including phenoxy) is 1. The molecule has 1 saturated heterocycles. The highest BCUT2D eigenvalue weighted by Crippen LogP contribution is 2.44. The first-order valence-electron chi connectivity index (χ1n) is 11.8. The molecule has 2 fully saturated rings. The zero-order valence-corrected chi connectivity index (χ0v) is 19.5. The van der Waals surface area contributed by atoms with Gasteiger partial charge in [0.15, 0.2) is 0 Å².